The van der Waals surface area contributed by atoms with Gasteiger partial charge in [0.2, 0.25) is 0 Å². The molecule has 4 heterocycles. The van der Waals surface area contributed by atoms with Gasteiger partial charge in [-0.1, -0.05) is 24.1 Å². The molecule has 1 amide bonds. The highest BCUT2D eigenvalue weighted by Gasteiger charge is 2.23. The average molecular weight is 452 g/mol. The van der Waals surface area contributed by atoms with Crippen LogP contribution in [0.2, 0.25) is 0 Å². The first-order valence-electron chi connectivity index (χ1n) is 11.3. The van der Waals surface area contributed by atoms with Crippen molar-refractivity contribution in [2.24, 2.45) is 7.05 Å². The van der Waals surface area contributed by atoms with Gasteiger partial charge in [0.1, 0.15) is 0 Å². The average Bonchev–Trinajstić information content (AvgIpc) is 3.54. The van der Waals surface area contributed by atoms with Crippen LogP contribution in [0.4, 0.5) is 0 Å². The molecule has 170 valence electrons. The Bertz CT molecular complexity index is 1370. The third-order valence-electron chi connectivity index (χ3n) is 6.10. The zero-order valence-electron chi connectivity index (χ0n) is 19.2. The van der Waals surface area contributed by atoms with Crippen molar-refractivity contribution in [3.05, 3.63) is 61.4 Å². The van der Waals surface area contributed by atoms with Gasteiger partial charge in [-0.2, -0.15) is 10.2 Å². The summed E-state index contributed by atoms with van der Waals surface area (Å²) in [5.74, 6) is 5.88. The molecule has 8 nitrogen and oxygen atoms in total. The molecule has 1 saturated heterocycles. The third-order valence-corrected chi connectivity index (χ3v) is 6.10. The molecule has 1 aliphatic heterocycles. The van der Waals surface area contributed by atoms with Gasteiger partial charge in [-0.05, 0) is 37.3 Å². The standard InChI is InChI=1S/C26H25N7O/c1-3-5-25(34)32-10-8-24(9-11-32)33-18-23(16-30-33)21-13-27-26(28-14-21)20-7-4-6-19(12-20)22-15-29-31(2)17-22/h4,6-7,12-18,24H,8-11H2,1-2H3. The molecule has 0 atom stereocenters. The first-order chi connectivity index (χ1) is 16.6. The lowest BCUT2D eigenvalue weighted by Gasteiger charge is -2.30. The van der Waals surface area contributed by atoms with E-state index in [1.54, 1.807) is 11.6 Å². The third kappa shape index (κ3) is 4.46. The normalized spacial score (nSPS) is 14.0. The van der Waals surface area contributed by atoms with E-state index in [9.17, 15) is 4.79 Å². The van der Waals surface area contributed by atoms with Crippen LogP contribution in [0.1, 0.15) is 25.8 Å². The Morgan fingerprint density at radius 1 is 0.912 bits per heavy atom. The predicted octanol–water partition coefficient (Wildman–Crippen LogP) is 3.59. The molecule has 0 radical (unpaired) electrons. The van der Waals surface area contributed by atoms with Gasteiger partial charge in [0, 0.05) is 67.2 Å². The Labute approximate surface area is 198 Å². The van der Waals surface area contributed by atoms with Crippen LogP contribution < -0.4 is 0 Å². The summed E-state index contributed by atoms with van der Waals surface area (Å²) in [7, 11) is 1.91. The highest BCUT2D eigenvalue weighted by atomic mass is 16.2. The molecule has 0 aliphatic carbocycles. The molecule has 8 heteroatoms. The molecule has 0 spiro atoms. The summed E-state index contributed by atoms with van der Waals surface area (Å²) in [5, 5.41) is 8.82. The number of likely N-dealkylation sites (tertiary alicyclic amines) is 1. The van der Waals surface area contributed by atoms with Crippen LogP contribution in [0.3, 0.4) is 0 Å². The first kappa shape index (κ1) is 21.6. The smallest absolute Gasteiger partial charge is 0.298 e. The fourth-order valence-electron chi connectivity index (χ4n) is 4.24. The Kier molecular flexibility index (Phi) is 5.91. The molecule has 0 bridgehead atoms. The van der Waals surface area contributed by atoms with E-state index in [2.05, 4.69) is 44.1 Å². The molecule has 3 aromatic heterocycles. The van der Waals surface area contributed by atoms with Crippen molar-refractivity contribution < 1.29 is 4.79 Å². The van der Waals surface area contributed by atoms with Crippen molar-refractivity contribution in [2.75, 3.05) is 13.1 Å². The predicted molar refractivity (Wildman–Crippen MR) is 129 cm³/mol. The van der Waals surface area contributed by atoms with Gasteiger partial charge in [0.15, 0.2) is 5.82 Å². The number of nitrogens with zero attached hydrogens (tertiary/aromatic N) is 7. The minimum Gasteiger partial charge on any atom is -0.332 e. The number of benzene rings is 1. The molecule has 5 rings (SSSR count). The molecular formula is C26H25N7O. The second-order valence-electron chi connectivity index (χ2n) is 8.39. The van der Waals surface area contributed by atoms with Gasteiger partial charge in [0.25, 0.3) is 5.91 Å². The van der Waals surface area contributed by atoms with E-state index < -0.39 is 0 Å². The van der Waals surface area contributed by atoms with Gasteiger partial charge in [-0.3, -0.25) is 14.2 Å². The zero-order valence-corrected chi connectivity index (χ0v) is 19.2. The Balaban J connectivity index is 1.28. The molecule has 1 fully saturated rings. The van der Waals surface area contributed by atoms with E-state index in [1.165, 1.54) is 0 Å². The number of carbonyl (C=O) groups is 1. The van der Waals surface area contributed by atoms with E-state index in [-0.39, 0.29) is 11.9 Å². The number of hydrogen-bond acceptors (Lipinski definition) is 5. The topological polar surface area (TPSA) is 81.7 Å². The lowest BCUT2D eigenvalue weighted by Crippen LogP contribution is -2.38. The lowest BCUT2D eigenvalue weighted by atomic mass is 10.1. The monoisotopic (exact) mass is 451 g/mol. The van der Waals surface area contributed by atoms with Gasteiger partial charge < -0.3 is 4.90 Å². The van der Waals surface area contributed by atoms with Crippen LogP contribution in [0.25, 0.3) is 33.6 Å². The van der Waals surface area contributed by atoms with E-state index in [0.29, 0.717) is 18.9 Å². The quantitative estimate of drug-likeness (QED) is 0.443. The van der Waals surface area contributed by atoms with Crippen molar-refractivity contribution in [1.82, 2.24) is 34.4 Å². The Morgan fingerprint density at radius 3 is 2.32 bits per heavy atom. The molecule has 1 aromatic carbocycles. The van der Waals surface area contributed by atoms with Gasteiger partial charge in [0.05, 0.1) is 18.4 Å². The van der Waals surface area contributed by atoms with Crippen molar-refractivity contribution in [1.29, 1.82) is 0 Å². The second-order valence-corrected chi connectivity index (χ2v) is 8.39. The summed E-state index contributed by atoms with van der Waals surface area (Å²) in [6.07, 6.45) is 13.1. The van der Waals surface area contributed by atoms with E-state index >= 15 is 0 Å². The Hall–Kier alpha value is -4.25. The van der Waals surface area contributed by atoms with E-state index in [1.807, 2.05) is 65.9 Å². The summed E-state index contributed by atoms with van der Waals surface area (Å²) < 4.78 is 3.78. The second kappa shape index (κ2) is 9.32. The molecule has 0 saturated carbocycles. The van der Waals surface area contributed by atoms with Crippen molar-refractivity contribution in [2.45, 2.75) is 25.8 Å². The zero-order chi connectivity index (χ0) is 23.5. The summed E-state index contributed by atoms with van der Waals surface area (Å²) in [6.45, 7) is 3.08. The Morgan fingerprint density at radius 2 is 1.62 bits per heavy atom. The molecule has 1 aliphatic rings. The van der Waals surface area contributed by atoms with Crippen LogP contribution in [0.15, 0.2) is 61.4 Å². The SMILES string of the molecule is CC#CC(=O)N1CCC(n2cc(-c3cnc(-c4cccc(-c5cnn(C)c5)c4)nc3)cn2)CC1. The van der Waals surface area contributed by atoms with E-state index in [4.69, 9.17) is 0 Å². The van der Waals surface area contributed by atoms with Crippen molar-refractivity contribution >= 4 is 5.91 Å². The molecule has 34 heavy (non-hydrogen) atoms. The maximum absolute atomic E-state index is 12.0. The minimum absolute atomic E-state index is 0.0923. The number of rotatable bonds is 4. The number of hydrogen-bond donors (Lipinski definition) is 0. The highest BCUT2D eigenvalue weighted by Crippen LogP contribution is 2.27. The van der Waals surface area contributed by atoms with Gasteiger partial charge in [-0.25, -0.2) is 9.97 Å². The minimum atomic E-state index is -0.0923. The van der Waals surface area contributed by atoms with Crippen molar-refractivity contribution in [3.8, 4) is 45.5 Å². The van der Waals surface area contributed by atoms with E-state index in [0.717, 1.165) is 40.7 Å². The number of piperidine rings is 1. The lowest BCUT2D eigenvalue weighted by molar-refractivity contribution is -0.126. The number of aromatic nitrogens is 6. The molecule has 0 N–H and O–H groups in total. The maximum Gasteiger partial charge on any atom is 0.298 e. The van der Waals surface area contributed by atoms with Crippen LogP contribution in [-0.4, -0.2) is 53.4 Å². The van der Waals surface area contributed by atoms with Crippen LogP contribution in [0, 0.1) is 11.8 Å². The maximum atomic E-state index is 12.0. The highest BCUT2D eigenvalue weighted by molar-refractivity contribution is 5.93. The molecular weight excluding hydrogens is 426 g/mol. The largest absolute Gasteiger partial charge is 0.332 e. The van der Waals surface area contributed by atoms with Crippen LogP contribution in [0.5, 0.6) is 0 Å². The van der Waals surface area contributed by atoms with Crippen LogP contribution in [-0.2, 0) is 11.8 Å². The fourth-order valence-corrected chi connectivity index (χ4v) is 4.24. The number of aryl methyl sites for hydroxylation is 1. The fraction of sp³-hybridized carbons (Fsp3) is 0.269. The molecule has 0 unspecified atom stereocenters. The first-order valence-corrected chi connectivity index (χ1v) is 11.3. The van der Waals surface area contributed by atoms with Gasteiger partial charge in [-0.15, -0.1) is 0 Å². The number of amides is 1. The molecule has 4 aromatic rings. The summed E-state index contributed by atoms with van der Waals surface area (Å²) >= 11 is 0. The summed E-state index contributed by atoms with van der Waals surface area (Å²) in [6, 6.07) is 8.42. The summed E-state index contributed by atoms with van der Waals surface area (Å²) in [4.78, 5) is 23.0. The number of carbonyl (C=O) groups excluding carboxylic acids is 1. The summed E-state index contributed by atoms with van der Waals surface area (Å²) in [5.41, 5.74) is 4.99. The van der Waals surface area contributed by atoms with Crippen molar-refractivity contribution in [3.63, 3.8) is 0 Å². The van der Waals surface area contributed by atoms with Gasteiger partial charge >= 0.3 is 0 Å². The van der Waals surface area contributed by atoms with Crippen LogP contribution >= 0.6 is 0 Å².